The lowest BCUT2D eigenvalue weighted by molar-refractivity contribution is -0.141. The van der Waals surface area contributed by atoms with Crippen molar-refractivity contribution in [3.05, 3.63) is 22.4 Å². The van der Waals surface area contributed by atoms with Crippen molar-refractivity contribution < 1.29 is 19.4 Å². The molecule has 0 aliphatic carbocycles. The normalized spacial score (nSPS) is 25.1. The van der Waals surface area contributed by atoms with Gasteiger partial charge in [0.2, 0.25) is 11.8 Å². The molecule has 1 N–H and O–H groups in total. The van der Waals surface area contributed by atoms with Crippen LogP contribution in [0.3, 0.4) is 0 Å². The maximum Gasteiger partial charge on any atom is 0.240 e. The first kappa shape index (κ1) is 14.2. The van der Waals surface area contributed by atoms with Gasteiger partial charge in [-0.1, -0.05) is 0 Å². The summed E-state index contributed by atoms with van der Waals surface area (Å²) in [5, 5.41) is 13.5. The molecule has 1 saturated heterocycles. The highest BCUT2D eigenvalue weighted by Crippen LogP contribution is 2.37. The van der Waals surface area contributed by atoms with Crippen LogP contribution in [-0.2, 0) is 19.7 Å². The van der Waals surface area contributed by atoms with Crippen LogP contribution in [0, 0.1) is 0 Å². The SMILES string of the molecule is COC[C@H](O)CN1C(=O)CC(C)(c2ccsc2)C1=O. The molecule has 6 heteroatoms. The average molecular weight is 283 g/mol. The minimum absolute atomic E-state index is 0.00870. The van der Waals surface area contributed by atoms with E-state index in [4.69, 9.17) is 4.74 Å². The third-order valence-electron chi connectivity index (χ3n) is 3.43. The first-order valence-corrected chi connectivity index (χ1v) is 6.98. The topological polar surface area (TPSA) is 66.8 Å². The van der Waals surface area contributed by atoms with Gasteiger partial charge in [0.15, 0.2) is 0 Å². The van der Waals surface area contributed by atoms with E-state index in [0.29, 0.717) is 0 Å². The number of nitrogens with zero attached hydrogens (tertiary/aromatic N) is 1. The number of hydrogen-bond acceptors (Lipinski definition) is 5. The molecule has 2 heterocycles. The average Bonchev–Trinajstić information content (AvgIpc) is 2.94. The van der Waals surface area contributed by atoms with Gasteiger partial charge < -0.3 is 9.84 Å². The van der Waals surface area contributed by atoms with Crippen molar-refractivity contribution in [1.29, 1.82) is 0 Å². The Morgan fingerprint density at radius 2 is 2.32 bits per heavy atom. The van der Waals surface area contributed by atoms with E-state index in [1.54, 1.807) is 6.92 Å². The maximum absolute atomic E-state index is 12.4. The number of aliphatic hydroxyl groups is 1. The standard InChI is InChI=1S/C13H17NO4S/c1-13(9-3-4-19-8-9)5-11(16)14(12(13)17)6-10(15)7-18-2/h3-4,8,10,15H,5-7H2,1-2H3/t10-,13?/m1/s1. The van der Waals surface area contributed by atoms with E-state index in [0.717, 1.165) is 10.5 Å². The molecule has 1 aliphatic rings. The number of amides is 2. The van der Waals surface area contributed by atoms with Gasteiger partial charge in [0, 0.05) is 13.5 Å². The number of β-amino-alcohol motifs (C(OH)–C–C–N with tert-alkyl or cyclic N) is 1. The lowest BCUT2D eigenvalue weighted by Gasteiger charge is -2.22. The van der Waals surface area contributed by atoms with Crippen molar-refractivity contribution in [1.82, 2.24) is 4.90 Å². The number of carbonyl (C=O) groups is 2. The number of thiophene rings is 1. The Bertz CT molecular complexity index is 473. The molecule has 19 heavy (non-hydrogen) atoms. The van der Waals surface area contributed by atoms with Gasteiger partial charge in [-0.05, 0) is 29.3 Å². The number of likely N-dealkylation sites (tertiary alicyclic amines) is 1. The number of carbonyl (C=O) groups excluding carboxylic acids is 2. The molecule has 2 rings (SSSR count). The summed E-state index contributed by atoms with van der Waals surface area (Å²) in [6, 6.07) is 1.87. The number of rotatable bonds is 5. The maximum atomic E-state index is 12.4. The minimum Gasteiger partial charge on any atom is -0.389 e. The molecule has 0 bridgehead atoms. The Morgan fingerprint density at radius 1 is 1.58 bits per heavy atom. The van der Waals surface area contributed by atoms with E-state index in [1.165, 1.54) is 18.4 Å². The van der Waals surface area contributed by atoms with Crippen LogP contribution in [0.25, 0.3) is 0 Å². The number of hydrogen-bond donors (Lipinski definition) is 1. The zero-order valence-corrected chi connectivity index (χ0v) is 11.8. The van der Waals surface area contributed by atoms with Crippen LogP contribution >= 0.6 is 11.3 Å². The first-order valence-electron chi connectivity index (χ1n) is 6.03. The molecule has 0 saturated carbocycles. The summed E-state index contributed by atoms with van der Waals surface area (Å²) in [5.74, 6) is -0.486. The molecular formula is C13H17NO4S. The summed E-state index contributed by atoms with van der Waals surface area (Å²) < 4.78 is 4.81. The van der Waals surface area contributed by atoms with E-state index in [9.17, 15) is 14.7 Å². The summed E-state index contributed by atoms with van der Waals surface area (Å²) >= 11 is 1.50. The highest BCUT2D eigenvalue weighted by molar-refractivity contribution is 7.08. The summed E-state index contributed by atoms with van der Waals surface area (Å²) in [5.41, 5.74) is 0.0590. The molecule has 0 aromatic carbocycles. The molecule has 2 amide bonds. The largest absolute Gasteiger partial charge is 0.389 e. The van der Waals surface area contributed by atoms with Crippen molar-refractivity contribution in [2.45, 2.75) is 24.9 Å². The highest BCUT2D eigenvalue weighted by Gasteiger charge is 2.49. The van der Waals surface area contributed by atoms with Gasteiger partial charge in [-0.3, -0.25) is 14.5 Å². The van der Waals surface area contributed by atoms with Gasteiger partial charge in [-0.25, -0.2) is 0 Å². The molecule has 5 nitrogen and oxygen atoms in total. The lowest BCUT2D eigenvalue weighted by atomic mass is 9.83. The second-order valence-corrected chi connectivity index (χ2v) is 5.72. The molecule has 0 radical (unpaired) electrons. The third kappa shape index (κ3) is 2.56. The first-order chi connectivity index (χ1) is 8.99. The molecule has 0 spiro atoms. The van der Waals surface area contributed by atoms with Crippen LogP contribution in [0.4, 0.5) is 0 Å². The number of ether oxygens (including phenoxy) is 1. The van der Waals surface area contributed by atoms with Crippen molar-refractivity contribution in [3.8, 4) is 0 Å². The van der Waals surface area contributed by atoms with Crippen molar-refractivity contribution in [2.24, 2.45) is 0 Å². The zero-order valence-electron chi connectivity index (χ0n) is 11.0. The van der Waals surface area contributed by atoms with Crippen LogP contribution in [0.2, 0.25) is 0 Å². The van der Waals surface area contributed by atoms with Crippen LogP contribution in [-0.4, -0.2) is 48.2 Å². The Labute approximate surface area is 115 Å². The smallest absolute Gasteiger partial charge is 0.240 e. The quantitative estimate of drug-likeness (QED) is 0.811. The molecule has 2 atom stereocenters. The fourth-order valence-corrected chi connectivity index (χ4v) is 3.12. The zero-order chi connectivity index (χ0) is 14.0. The molecule has 1 unspecified atom stereocenters. The van der Waals surface area contributed by atoms with Crippen molar-refractivity contribution in [2.75, 3.05) is 20.3 Å². The molecule has 1 fully saturated rings. The van der Waals surface area contributed by atoms with Crippen molar-refractivity contribution in [3.63, 3.8) is 0 Å². The van der Waals surface area contributed by atoms with Gasteiger partial charge in [-0.15, -0.1) is 0 Å². The van der Waals surface area contributed by atoms with Gasteiger partial charge in [0.1, 0.15) is 0 Å². The van der Waals surface area contributed by atoms with E-state index >= 15 is 0 Å². The second kappa shape index (κ2) is 5.40. The number of aliphatic hydroxyl groups excluding tert-OH is 1. The Hall–Kier alpha value is -1.24. The summed E-state index contributed by atoms with van der Waals surface area (Å²) in [4.78, 5) is 25.6. The predicted octanol–water partition coefficient (Wildman–Crippen LogP) is 0.772. The van der Waals surface area contributed by atoms with E-state index in [2.05, 4.69) is 0 Å². The number of imide groups is 1. The van der Waals surface area contributed by atoms with Gasteiger partial charge in [0.05, 0.1) is 24.7 Å². The Balaban J connectivity index is 2.17. The van der Waals surface area contributed by atoms with E-state index in [-0.39, 0.29) is 31.4 Å². The number of methoxy groups -OCH3 is 1. The molecular weight excluding hydrogens is 266 g/mol. The monoisotopic (exact) mass is 283 g/mol. The molecule has 104 valence electrons. The van der Waals surface area contributed by atoms with Gasteiger partial charge >= 0.3 is 0 Å². The Morgan fingerprint density at radius 3 is 2.89 bits per heavy atom. The second-order valence-electron chi connectivity index (χ2n) is 4.94. The summed E-state index contributed by atoms with van der Waals surface area (Å²) in [6.45, 7) is 1.87. The fraction of sp³-hybridized carbons (Fsp3) is 0.538. The van der Waals surface area contributed by atoms with E-state index < -0.39 is 11.5 Å². The van der Waals surface area contributed by atoms with Crippen LogP contribution in [0.15, 0.2) is 16.8 Å². The minimum atomic E-state index is -0.845. The van der Waals surface area contributed by atoms with Crippen LogP contribution < -0.4 is 0 Å². The third-order valence-corrected chi connectivity index (χ3v) is 4.12. The summed E-state index contributed by atoms with van der Waals surface area (Å²) in [6.07, 6.45) is -0.690. The van der Waals surface area contributed by atoms with Gasteiger partial charge in [-0.2, -0.15) is 11.3 Å². The van der Waals surface area contributed by atoms with Crippen LogP contribution in [0.5, 0.6) is 0 Å². The molecule has 1 aliphatic heterocycles. The summed E-state index contributed by atoms with van der Waals surface area (Å²) in [7, 11) is 1.46. The molecule has 1 aromatic heterocycles. The fourth-order valence-electron chi connectivity index (χ4n) is 2.33. The van der Waals surface area contributed by atoms with Gasteiger partial charge in [0.25, 0.3) is 0 Å². The highest BCUT2D eigenvalue weighted by atomic mass is 32.1. The van der Waals surface area contributed by atoms with Crippen LogP contribution in [0.1, 0.15) is 18.9 Å². The predicted molar refractivity (Wildman–Crippen MR) is 70.9 cm³/mol. The Kier molecular flexibility index (Phi) is 4.03. The molecule has 1 aromatic rings. The van der Waals surface area contributed by atoms with E-state index in [1.807, 2.05) is 16.8 Å². The lowest BCUT2D eigenvalue weighted by Crippen LogP contribution is -2.41. The van der Waals surface area contributed by atoms with Crippen molar-refractivity contribution >= 4 is 23.2 Å².